The highest BCUT2D eigenvalue weighted by atomic mass is 79.9. The third kappa shape index (κ3) is 1.98. The van der Waals surface area contributed by atoms with Crippen LogP contribution in [0.25, 0.3) is 5.57 Å². The molecule has 1 aliphatic rings. The molecule has 0 spiro atoms. The van der Waals surface area contributed by atoms with Crippen molar-refractivity contribution in [1.29, 1.82) is 0 Å². The van der Waals surface area contributed by atoms with Crippen molar-refractivity contribution in [3.63, 3.8) is 0 Å². The predicted octanol–water partition coefficient (Wildman–Crippen LogP) is 2.22. The Morgan fingerprint density at radius 2 is 2.38 bits per heavy atom. The van der Waals surface area contributed by atoms with E-state index in [0.717, 1.165) is 24.1 Å². The minimum Gasteiger partial charge on any atom is -0.312 e. The fourth-order valence-electron chi connectivity index (χ4n) is 1.47. The van der Waals surface area contributed by atoms with E-state index in [0.29, 0.717) is 0 Å². The van der Waals surface area contributed by atoms with Gasteiger partial charge in [0.15, 0.2) is 0 Å². The van der Waals surface area contributed by atoms with Crippen LogP contribution in [0.2, 0.25) is 0 Å². The second-order valence-electron chi connectivity index (χ2n) is 3.04. The number of nitrogens with zero attached hydrogens (tertiary/aromatic N) is 1. The molecule has 0 aromatic carbocycles. The van der Waals surface area contributed by atoms with Crippen molar-refractivity contribution in [2.75, 3.05) is 13.1 Å². The molecular weight excluding hydrogens is 228 g/mol. The van der Waals surface area contributed by atoms with Gasteiger partial charge in [0.25, 0.3) is 0 Å². The Morgan fingerprint density at radius 1 is 1.46 bits per heavy atom. The lowest BCUT2D eigenvalue weighted by molar-refractivity contribution is 0.738. The summed E-state index contributed by atoms with van der Waals surface area (Å²) in [6.07, 6.45) is 5.18. The van der Waals surface area contributed by atoms with Crippen molar-refractivity contribution >= 4 is 21.5 Å². The maximum absolute atomic E-state index is 4.20. The summed E-state index contributed by atoms with van der Waals surface area (Å²) in [4.78, 5) is 4.20. The highest BCUT2D eigenvalue weighted by molar-refractivity contribution is 9.10. The Morgan fingerprint density at radius 3 is 3.08 bits per heavy atom. The molecule has 0 amide bonds. The van der Waals surface area contributed by atoms with Crippen LogP contribution in [0.15, 0.2) is 29.0 Å². The quantitative estimate of drug-likeness (QED) is 0.760. The van der Waals surface area contributed by atoms with Crippen molar-refractivity contribution in [3.05, 3.63) is 34.6 Å². The zero-order valence-corrected chi connectivity index (χ0v) is 8.84. The minimum absolute atomic E-state index is 0.935. The van der Waals surface area contributed by atoms with Gasteiger partial charge in [-0.15, -0.1) is 0 Å². The molecule has 0 fully saturated rings. The number of hydrogen-bond donors (Lipinski definition) is 1. The highest BCUT2D eigenvalue weighted by Crippen LogP contribution is 2.22. The fraction of sp³-hybridized carbons (Fsp3) is 0.300. The molecule has 2 rings (SSSR count). The third-order valence-electron chi connectivity index (χ3n) is 2.13. The number of pyridine rings is 1. The minimum atomic E-state index is 0.935. The Balaban J connectivity index is 2.34. The van der Waals surface area contributed by atoms with Crippen LogP contribution in [-0.4, -0.2) is 18.1 Å². The Bertz CT molecular complexity index is 333. The summed E-state index contributed by atoms with van der Waals surface area (Å²) in [7, 11) is 0. The Hall–Kier alpha value is -0.670. The summed E-state index contributed by atoms with van der Waals surface area (Å²) in [5, 5.41) is 3.34. The summed E-state index contributed by atoms with van der Waals surface area (Å²) in [6, 6.07) is 4.06. The van der Waals surface area contributed by atoms with E-state index in [-0.39, 0.29) is 0 Å². The fourth-order valence-corrected chi connectivity index (χ4v) is 1.98. The van der Waals surface area contributed by atoms with Gasteiger partial charge < -0.3 is 5.32 Å². The molecule has 1 aromatic rings. The van der Waals surface area contributed by atoms with E-state index in [1.54, 1.807) is 6.20 Å². The van der Waals surface area contributed by atoms with E-state index in [2.05, 4.69) is 38.4 Å². The molecule has 0 radical (unpaired) electrons. The van der Waals surface area contributed by atoms with Gasteiger partial charge in [0.05, 0.1) is 0 Å². The van der Waals surface area contributed by atoms with E-state index in [9.17, 15) is 0 Å². The highest BCUT2D eigenvalue weighted by Gasteiger charge is 2.08. The van der Waals surface area contributed by atoms with E-state index in [1.807, 2.05) is 6.07 Å². The van der Waals surface area contributed by atoms with Crippen LogP contribution >= 0.6 is 15.9 Å². The molecule has 0 saturated heterocycles. The first-order chi connectivity index (χ1) is 6.38. The summed E-state index contributed by atoms with van der Waals surface area (Å²) < 4.78 is 0.935. The lowest BCUT2D eigenvalue weighted by Gasteiger charge is -2.14. The van der Waals surface area contributed by atoms with E-state index >= 15 is 0 Å². The number of halogens is 1. The van der Waals surface area contributed by atoms with Gasteiger partial charge in [0, 0.05) is 18.3 Å². The van der Waals surface area contributed by atoms with Gasteiger partial charge >= 0.3 is 0 Å². The van der Waals surface area contributed by atoms with Crippen molar-refractivity contribution in [3.8, 4) is 0 Å². The number of hydrogen-bond acceptors (Lipinski definition) is 2. The normalized spacial score (nSPS) is 16.8. The lowest BCUT2D eigenvalue weighted by atomic mass is 10.0. The topological polar surface area (TPSA) is 24.9 Å². The van der Waals surface area contributed by atoms with Crippen LogP contribution in [0.4, 0.5) is 0 Å². The van der Waals surface area contributed by atoms with E-state index in [4.69, 9.17) is 0 Å². The predicted molar refractivity (Wildman–Crippen MR) is 57.4 cm³/mol. The van der Waals surface area contributed by atoms with Crippen LogP contribution in [0.5, 0.6) is 0 Å². The average molecular weight is 239 g/mol. The SMILES string of the molecule is Brc1ncccc1C1=CCCNC1. The van der Waals surface area contributed by atoms with E-state index in [1.165, 1.54) is 11.1 Å². The molecule has 0 saturated carbocycles. The largest absolute Gasteiger partial charge is 0.312 e. The first kappa shape index (κ1) is 8.91. The second kappa shape index (κ2) is 4.03. The van der Waals surface area contributed by atoms with Gasteiger partial charge in [0.2, 0.25) is 0 Å². The molecule has 3 heteroatoms. The van der Waals surface area contributed by atoms with Crippen LogP contribution in [0.3, 0.4) is 0 Å². The van der Waals surface area contributed by atoms with Crippen molar-refractivity contribution in [2.45, 2.75) is 6.42 Å². The molecule has 13 heavy (non-hydrogen) atoms. The molecule has 68 valence electrons. The molecular formula is C10H11BrN2. The van der Waals surface area contributed by atoms with Gasteiger partial charge in [-0.2, -0.15) is 0 Å². The summed E-state index contributed by atoms with van der Waals surface area (Å²) in [5.41, 5.74) is 2.54. The summed E-state index contributed by atoms with van der Waals surface area (Å²) in [5.74, 6) is 0. The zero-order valence-electron chi connectivity index (χ0n) is 7.26. The molecule has 1 aromatic heterocycles. The van der Waals surface area contributed by atoms with Gasteiger partial charge in [-0.25, -0.2) is 4.98 Å². The molecule has 2 nitrogen and oxygen atoms in total. The average Bonchev–Trinajstić information content (AvgIpc) is 2.20. The van der Waals surface area contributed by atoms with Crippen LogP contribution in [-0.2, 0) is 0 Å². The number of rotatable bonds is 1. The summed E-state index contributed by atoms with van der Waals surface area (Å²) >= 11 is 3.45. The third-order valence-corrected chi connectivity index (χ3v) is 2.76. The Kier molecular flexibility index (Phi) is 2.76. The van der Waals surface area contributed by atoms with Gasteiger partial charge in [0.1, 0.15) is 4.60 Å². The first-order valence-corrected chi connectivity index (χ1v) is 5.18. The zero-order chi connectivity index (χ0) is 9.10. The maximum Gasteiger partial charge on any atom is 0.113 e. The van der Waals surface area contributed by atoms with Gasteiger partial charge in [-0.1, -0.05) is 12.1 Å². The molecule has 0 unspecified atom stereocenters. The Labute approximate surface area is 86.2 Å². The molecule has 1 aliphatic heterocycles. The molecule has 0 atom stereocenters. The summed E-state index contributed by atoms with van der Waals surface area (Å²) in [6.45, 7) is 2.03. The standard InChI is InChI=1S/C10H11BrN2/c11-10-9(4-2-6-13-10)8-3-1-5-12-7-8/h2-4,6,12H,1,5,7H2. The molecule has 0 aliphatic carbocycles. The van der Waals surface area contributed by atoms with Crippen LogP contribution in [0, 0.1) is 0 Å². The first-order valence-electron chi connectivity index (χ1n) is 4.38. The van der Waals surface area contributed by atoms with Gasteiger partial charge in [-0.3, -0.25) is 0 Å². The smallest absolute Gasteiger partial charge is 0.113 e. The van der Waals surface area contributed by atoms with Crippen molar-refractivity contribution in [1.82, 2.24) is 10.3 Å². The monoisotopic (exact) mass is 238 g/mol. The number of nitrogens with one attached hydrogen (secondary N) is 1. The maximum atomic E-state index is 4.20. The van der Waals surface area contributed by atoms with Crippen LogP contribution < -0.4 is 5.32 Å². The van der Waals surface area contributed by atoms with Crippen LogP contribution in [0.1, 0.15) is 12.0 Å². The lowest BCUT2D eigenvalue weighted by Crippen LogP contribution is -2.21. The molecule has 0 bridgehead atoms. The van der Waals surface area contributed by atoms with Gasteiger partial charge in [-0.05, 0) is 40.5 Å². The molecule has 1 N–H and O–H groups in total. The second-order valence-corrected chi connectivity index (χ2v) is 3.79. The number of aromatic nitrogens is 1. The molecule has 2 heterocycles. The van der Waals surface area contributed by atoms with Crippen molar-refractivity contribution < 1.29 is 0 Å². The van der Waals surface area contributed by atoms with Crippen molar-refractivity contribution in [2.24, 2.45) is 0 Å². The van der Waals surface area contributed by atoms with E-state index < -0.39 is 0 Å².